The Balaban J connectivity index is 1.57. The fourth-order valence-corrected chi connectivity index (χ4v) is 3.12. The van der Waals surface area contributed by atoms with Gasteiger partial charge in [0.25, 0.3) is 0 Å². The van der Waals surface area contributed by atoms with Gasteiger partial charge in [-0.15, -0.1) is 0 Å². The van der Waals surface area contributed by atoms with Crippen LogP contribution in [0.25, 0.3) is 0 Å². The van der Waals surface area contributed by atoms with E-state index in [4.69, 9.17) is 10.2 Å². The van der Waals surface area contributed by atoms with Gasteiger partial charge in [0.15, 0.2) is 0 Å². The molecule has 0 aromatic heterocycles. The van der Waals surface area contributed by atoms with Gasteiger partial charge in [0.2, 0.25) is 0 Å². The second kappa shape index (κ2) is 4.35. The van der Waals surface area contributed by atoms with E-state index < -0.39 is 11.9 Å². The van der Waals surface area contributed by atoms with E-state index in [0.717, 1.165) is 25.2 Å². The molecule has 0 amide bonds. The fourth-order valence-electron chi connectivity index (χ4n) is 3.12. The van der Waals surface area contributed by atoms with Crippen LogP contribution in [0.4, 0.5) is 0 Å². The summed E-state index contributed by atoms with van der Waals surface area (Å²) in [5.74, 6) is -1.09. The normalized spacial score (nSPS) is 28.9. The number of rotatable bonds is 4. The van der Waals surface area contributed by atoms with Crippen molar-refractivity contribution in [2.45, 2.75) is 6.54 Å². The van der Waals surface area contributed by atoms with Crippen molar-refractivity contribution in [2.75, 3.05) is 13.1 Å². The van der Waals surface area contributed by atoms with Crippen LogP contribution in [0.15, 0.2) is 24.3 Å². The van der Waals surface area contributed by atoms with Crippen molar-refractivity contribution in [3.05, 3.63) is 35.4 Å². The molecule has 1 saturated heterocycles. The molecule has 1 aliphatic carbocycles. The van der Waals surface area contributed by atoms with E-state index in [1.54, 1.807) is 12.1 Å². The topological polar surface area (TPSA) is 77.8 Å². The maximum Gasteiger partial charge on any atom is 0.335 e. The summed E-state index contributed by atoms with van der Waals surface area (Å²) in [4.78, 5) is 23.8. The van der Waals surface area contributed by atoms with Crippen molar-refractivity contribution < 1.29 is 19.8 Å². The highest BCUT2D eigenvalue weighted by Crippen LogP contribution is 2.51. The van der Waals surface area contributed by atoms with Gasteiger partial charge >= 0.3 is 11.9 Å². The number of carboxylic acid groups (broad SMARTS) is 2. The first-order valence-electron chi connectivity index (χ1n) is 6.33. The Hall–Kier alpha value is -1.88. The van der Waals surface area contributed by atoms with E-state index in [1.807, 2.05) is 12.1 Å². The van der Waals surface area contributed by atoms with Crippen LogP contribution >= 0.6 is 0 Å². The Morgan fingerprint density at radius 1 is 1.11 bits per heavy atom. The van der Waals surface area contributed by atoms with Crippen LogP contribution in [0.5, 0.6) is 0 Å². The van der Waals surface area contributed by atoms with Gasteiger partial charge in [-0.2, -0.15) is 0 Å². The number of carbonyl (C=O) groups is 2. The molecule has 1 saturated carbocycles. The monoisotopic (exact) mass is 261 g/mol. The third kappa shape index (κ3) is 2.21. The van der Waals surface area contributed by atoms with Gasteiger partial charge in [-0.1, -0.05) is 12.1 Å². The zero-order chi connectivity index (χ0) is 13.6. The van der Waals surface area contributed by atoms with E-state index in [-0.39, 0.29) is 5.92 Å². The number of fused-ring (bicyclic) bond motifs is 1. The maximum absolute atomic E-state index is 10.9. The number of piperidine rings is 1. The molecule has 1 aromatic carbocycles. The summed E-state index contributed by atoms with van der Waals surface area (Å²) in [6.45, 7) is 2.43. The molecule has 1 heterocycles. The molecule has 0 radical (unpaired) electrons. The molecule has 5 heteroatoms. The largest absolute Gasteiger partial charge is 0.481 e. The van der Waals surface area contributed by atoms with E-state index in [1.165, 1.54) is 0 Å². The zero-order valence-electron chi connectivity index (χ0n) is 10.3. The van der Waals surface area contributed by atoms with Crippen molar-refractivity contribution in [3.63, 3.8) is 0 Å². The predicted octanol–water partition coefficient (Wildman–Crippen LogP) is 1.15. The summed E-state index contributed by atoms with van der Waals surface area (Å²) in [6.07, 6.45) is 0. The first kappa shape index (κ1) is 12.2. The summed E-state index contributed by atoms with van der Waals surface area (Å²) in [5.41, 5.74) is 1.36. The Bertz CT molecular complexity index is 513. The van der Waals surface area contributed by atoms with Crippen LogP contribution < -0.4 is 0 Å². The molecule has 0 bridgehead atoms. The number of hydrogen-bond acceptors (Lipinski definition) is 3. The molecule has 5 nitrogen and oxygen atoms in total. The number of aliphatic carboxylic acids is 1. The summed E-state index contributed by atoms with van der Waals surface area (Å²) < 4.78 is 0. The third-order valence-corrected chi connectivity index (χ3v) is 4.16. The summed E-state index contributed by atoms with van der Waals surface area (Å²) in [5, 5.41) is 17.8. The van der Waals surface area contributed by atoms with Crippen molar-refractivity contribution >= 4 is 11.9 Å². The highest BCUT2D eigenvalue weighted by atomic mass is 16.4. The highest BCUT2D eigenvalue weighted by Gasteiger charge is 2.59. The first-order chi connectivity index (χ1) is 9.06. The molecule has 3 rings (SSSR count). The lowest BCUT2D eigenvalue weighted by Crippen LogP contribution is -2.25. The van der Waals surface area contributed by atoms with Gasteiger partial charge in [0, 0.05) is 19.6 Å². The SMILES string of the molecule is O=C(O)c1ccc(CN2C[C@@H]3C(C(=O)O)[C@@H]3C2)cc1. The van der Waals surface area contributed by atoms with Crippen molar-refractivity contribution in [3.8, 4) is 0 Å². The number of hydrogen-bond donors (Lipinski definition) is 2. The van der Waals surface area contributed by atoms with Gasteiger partial charge in [-0.25, -0.2) is 4.79 Å². The summed E-state index contributed by atoms with van der Waals surface area (Å²) >= 11 is 0. The summed E-state index contributed by atoms with van der Waals surface area (Å²) in [7, 11) is 0. The Morgan fingerprint density at radius 3 is 2.16 bits per heavy atom. The fraction of sp³-hybridized carbons (Fsp3) is 0.429. The van der Waals surface area contributed by atoms with Gasteiger partial charge in [0.1, 0.15) is 0 Å². The first-order valence-corrected chi connectivity index (χ1v) is 6.33. The minimum Gasteiger partial charge on any atom is -0.481 e. The van der Waals surface area contributed by atoms with Crippen LogP contribution in [0.2, 0.25) is 0 Å². The lowest BCUT2D eigenvalue weighted by molar-refractivity contribution is -0.139. The smallest absolute Gasteiger partial charge is 0.335 e. The summed E-state index contributed by atoms with van der Waals surface area (Å²) in [6, 6.07) is 6.85. The van der Waals surface area contributed by atoms with Crippen LogP contribution in [0.3, 0.4) is 0 Å². The number of aromatic carboxylic acids is 1. The molecule has 1 aliphatic heterocycles. The molecule has 1 aromatic rings. The van der Waals surface area contributed by atoms with E-state index in [2.05, 4.69) is 4.90 Å². The molecule has 2 fully saturated rings. The van der Waals surface area contributed by atoms with Gasteiger partial charge in [-0.3, -0.25) is 9.69 Å². The predicted molar refractivity (Wildman–Crippen MR) is 66.8 cm³/mol. The standard InChI is InChI=1S/C14H15NO4/c16-13(17)9-3-1-8(2-4-9)5-15-6-10-11(7-15)12(10)14(18)19/h1-4,10-12H,5-7H2,(H,16,17)(H,18,19)/t10-,11+,12?. The molecular weight excluding hydrogens is 246 g/mol. The minimum absolute atomic E-state index is 0.134. The molecule has 100 valence electrons. The molecule has 0 spiro atoms. The van der Waals surface area contributed by atoms with Gasteiger partial charge in [0.05, 0.1) is 11.5 Å². The maximum atomic E-state index is 10.9. The third-order valence-electron chi connectivity index (χ3n) is 4.16. The van der Waals surface area contributed by atoms with E-state index in [0.29, 0.717) is 17.4 Å². The Labute approximate surface area is 110 Å². The molecule has 1 unspecified atom stereocenters. The second-order valence-electron chi connectivity index (χ2n) is 5.39. The Morgan fingerprint density at radius 2 is 1.68 bits per heavy atom. The van der Waals surface area contributed by atoms with Crippen LogP contribution in [0, 0.1) is 17.8 Å². The number of benzene rings is 1. The number of carboxylic acids is 2. The minimum atomic E-state index is -0.918. The molecule has 2 aliphatic rings. The molecule has 3 atom stereocenters. The second-order valence-corrected chi connectivity index (χ2v) is 5.39. The molecule has 19 heavy (non-hydrogen) atoms. The van der Waals surface area contributed by atoms with Gasteiger partial charge in [-0.05, 0) is 29.5 Å². The quantitative estimate of drug-likeness (QED) is 0.850. The van der Waals surface area contributed by atoms with Crippen LogP contribution in [-0.2, 0) is 11.3 Å². The number of likely N-dealkylation sites (tertiary alicyclic amines) is 1. The lowest BCUT2D eigenvalue weighted by atomic mass is 10.1. The zero-order valence-corrected chi connectivity index (χ0v) is 10.3. The van der Waals surface area contributed by atoms with E-state index in [9.17, 15) is 9.59 Å². The Kier molecular flexibility index (Phi) is 2.78. The average Bonchev–Trinajstić information content (AvgIpc) is 2.88. The molecule has 2 N–H and O–H groups in total. The van der Waals surface area contributed by atoms with E-state index >= 15 is 0 Å². The highest BCUT2D eigenvalue weighted by molar-refractivity contribution is 5.87. The lowest BCUT2D eigenvalue weighted by Gasteiger charge is -2.18. The number of nitrogens with zero attached hydrogens (tertiary/aromatic N) is 1. The average molecular weight is 261 g/mol. The van der Waals surface area contributed by atoms with Crippen molar-refractivity contribution in [2.24, 2.45) is 17.8 Å². The van der Waals surface area contributed by atoms with Crippen LogP contribution in [0.1, 0.15) is 15.9 Å². The molecular formula is C14H15NO4. The van der Waals surface area contributed by atoms with Crippen molar-refractivity contribution in [1.82, 2.24) is 4.90 Å². The van der Waals surface area contributed by atoms with Crippen molar-refractivity contribution in [1.29, 1.82) is 0 Å². The van der Waals surface area contributed by atoms with Crippen LogP contribution in [-0.4, -0.2) is 40.1 Å². The van der Waals surface area contributed by atoms with Gasteiger partial charge < -0.3 is 10.2 Å².